The van der Waals surface area contributed by atoms with E-state index in [4.69, 9.17) is 11.6 Å². The molecule has 2 rings (SSSR count). The normalized spacial score (nSPS) is 27.4. The molecule has 1 aromatic heterocycles. The predicted octanol–water partition coefficient (Wildman–Crippen LogP) is 0.659. The fourth-order valence-electron chi connectivity index (χ4n) is 2.10. The summed E-state index contributed by atoms with van der Waals surface area (Å²) in [5.74, 6) is 2.13. The van der Waals surface area contributed by atoms with Gasteiger partial charge in [0, 0.05) is 11.9 Å². The number of alkyl halides is 1. The zero-order valence-corrected chi connectivity index (χ0v) is 9.85. The molecule has 0 aliphatic carbocycles. The van der Waals surface area contributed by atoms with Gasteiger partial charge in [0.25, 0.3) is 0 Å². The van der Waals surface area contributed by atoms with Gasteiger partial charge >= 0.3 is 0 Å². The molecular weight excluding hydrogens is 214 g/mol. The molecule has 1 aliphatic rings. The second-order valence-electron chi connectivity index (χ2n) is 4.15. The van der Waals surface area contributed by atoms with Crippen molar-refractivity contribution in [2.24, 2.45) is 13.0 Å². The number of hydrogen-bond acceptors (Lipinski definition) is 4. The Morgan fingerprint density at radius 2 is 2.33 bits per heavy atom. The number of likely N-dealkylation sites (tertiary alicyclic amines) is 1. The Kier molecular flexibility index (Phi) is 3.21. The summed E-state index contributed by atoms with van der Waals surface area (Å²) in [6.07, 6.45) is 1.21. The number of halogens is 1. The fourth-order valence-corrected chi connectivity index (χ4v) is 2.60. The van der Waals surface area contributed by atoms with Gasteiger partial charge in [-0.15, -0.1) is 21.8 Å². The van der Waals surface area contributed by atoms with Crippen LogP contribution in [0.25, 0.3) is 0 Å². The standard InChI is InChI=1S/C9H16ClN5/c1-7-3-4-15(8(7)5-10)6-9-11-13-14(2)12-9/h7-8H,3-6H2,1-2H3. The van der Waals surface area contributed by atoms with Gasteiger partial charge < -0.3 is 0 Å². The first kappa shape index (κ1) is 10.8. The first-order valence-electron chi connectivity index (χ1n) is 5.23. The molecule has 0 spiro atoms. The van der Waals surface area contributed by atoms with E-state index < -0.39 is 0 Å². The van der Waals surface area contributed by atoms with E-state index in [1.54, 1.807) is 7.05 Å². The Bertz CT molecular complexity index is 326. The Labute approximate surface area is 94.4 Å². The van der Waals surface area contributed by atoms with Gasteiger partial charge in [-0.3, -0.25) is 4.90 Å². The van der Waals surface area contributed by atoms with Crippen LogP contribution in [-0.4, -0.2) is 43.6 Å². The second-order valence-corrected chi connectivity index (χ2v) is 4.46. The van der Waals surface area contributed by atoms with E-state index in [-0.39, 0.29) is 0 Å². The molecule has 1 aromatic rings. The molecule has 6 heteroatoms. The molecule has 1 aliphatic heterocycles. The molecule has 2 unspecified atom stereocenters. The summed E-state index contributed by atoms with van der Waals surface area (Å²) >= 11 is 5.97. The molecule has 0 N–H and O–H groups in total. The summed E-state index contributed by atoms with van der Waals surface area (Å²) < 4.78 is 0. The van der Waals surface area contributed by atoms with Gasteiger partial charge in [0.15, 0.2) is 5.82 Å². The first-order valence-corrected chi connectivity index (χ1v) is 5.77. The lowest BCUT2D eigenvalue weighted by atomic mass is 10.1. The quantitative estimate of drug-likeness (QED) is 0.715. The molecule has 1 fully saturated rings. The highest BCUT2D eigenvalue weighted by molar-refractivity contribution is 6.18. The van der Waals surface area contributed by atoms with E-state index in [0.29, 0.717) is 17.8 Å². The third-order valence-corrected chi connectivity index (χ3v) is 3.37. The lowest BCUT2D eigenvalue weighted by Gasteiger charge is -2.23. The maximum Gasteiger partial charge on any atom is 0.188 e. The fraction of sp³-hybridized carbons (Fsp3) is 0.889. The second kappa shape index (κ2) is 4.45. The lowest BCUT2D eigenvalue weighted by molar-refractivity contribution is 0.236. The van der Waals surface area contributed by atoms with Gasteiger partial charge in [0.2, 0.25) is 0 Å². The largest absolute Gasteiger partial charge is 0.291 e. The van der Waals surface area contributed by atoms with Crippen molar-refractivity contribution in [1.29, 1.82) is 0 Å². The van der Waals surface area contributed by atoms with Crippen molar-refractivity contribution >= 4 is 11.6 Å². The molecule has 2 heterocycles. The zero-order chi connectivity index (χ0) is 10.8. The zero-order valence-electron chi connectivity index (χ0n) is 9.10. The summed E-state index contributed by atoms with van der Waals surface area (Å²) in [4.78, 5) is 3.83. The first-order chi connectivity index (χ1) is 7.20. The summed E-state index contributed by atoms with van der Waals surface area (Å²) in [5.41, 5.74) is 0. The van der Waals surface area contributed by atoms with Gasteiger partial charge in [-0.1, -0.05) is 6.92 Å². The third kappa shape index (κ3) is 2.29. The smallest absolute Gasteiger partial charge is 0.188 e. The van der Waals surface area contributed by atoms with Crippen LogP contribution in [0, 0.1) is 5.92 Å². The Hall–Kier alpha value is -0.680. The van der Waals surface area contributed by atoms with Gasteiger partial charge in [-0.2, -0.15) is 4.80 Å². The van der Waals surface area contributed by atoms with Gasteiger partial charge in [-0.25, -0.2) is 0 Å². The molecule has 0 saturated carbocycles. The van der Waals surface area contributed by atoms with Crippen molar-refractivity contribution < 1.29 is 0 Å². The van der Waals surface area contributed by atoms with Crippen LogP contribution in [0.1, 0.15) is 19.2 Å². The number of rotatable bonds is 3. The van der Waals surface area contributed by atoms with E-state index in [2.05, 4.69) is 27.2 Å². The number of tetrazole rings is 1. The lowest BCUT2D eigenvalue weighted by Crippen LogP contribution is -2.33. The van der Waals surface area contributed by atoms with Gasteiger partial charge in [-0.05, 0) is 24.1 Å². The monoisotopic (exact) mass is 229 g/mol. The maximum atomic E-state index is 5.97. The maximum absolute atomic E-state index is 5.97. The van der Waals surface area contributed by atoms with Crippen LogP contribution in [0.4, 0.5) is 0 Å². The van der Waals surface area contributed by atoms with Crippen LogP contribution in [0.3, 0.4) is 0 Å². The van der Waals surface area contributed by atoms with Crippen molar-refractivity contribution in [1.82, 2.24) is 25.1 Å². The van der Waals surface area contributed by atoms with Crippen molar-refractivity contribution in [3.63, 3.8) is 0 Å². The van der Waals surface area contributed by atoms with Crippen LogP contribution in [0.15, 0.2) is 0 Å². The topological polar surface area (TPSA) is 46.8 Å². The number of nitrogens with zero attached hydrogens (tertiary/aromatic N) is 5. The minimum Gasteiger partial charge on any atom is -0.291 e. The minimum atomic E-state index is 0.454. The average molecular weight is 230 g/mol. The molecule has 5 nitrogen and oxygen atoms in total. The van der Waals surface area contributed by atoms with Gasteiger partial charge in [0.1, 0.15) is 0 Å². The van der Waals surface area contributed by atoms with Gasteiger partial charge in [0.05, 0.1) is 13.6 Å². The summed E-state index contributed by atoms with van der Waals surface area (Å²) in [7, 11) is 1.78. The van der Waals surface area contributed by atoms with E-state index >= 15 is 0 Å². The SMILES string of the molecule is CC1CCN(Cc2nnn(C)n2)C1CCl. The summed E-state index contributed by atoms with van der Waals surface area (Å²) in [6.45, 7) is 4.09. The highest BCUT2D eigenvalue weighted by Gasteiger charge is 2.30. The van der Waals surface area contributed by atoms with E-state index in [1.807, 2.05) is 0 Å². The van der Waals surface area contributed by atoms with Crippen LogP contribution in [0.2, 0.25) is 0 Å². The Balaban J connectivity index is 2.00. The van der Waals surface area contributed by atoms with Crippen LogP contribution >= 0.6 is 11.6 Å². The molecule has 0 amide bonds. The van der Waals surface area contributed by atoms with Crippen LogP contribution in [0.5, 0.6) is 0 Å². The molecule has 0 radical (unpaired) electrons. The molecule has 0 aromatic carbocycles. The van der Waals surface area contributed by atoms with Crippen molar-refractivity contribution in [3.05, 3.63) is 5.82 Å². The molecule has 84 valence electrons. The molecule has 1 saturated heterocycles. The molecular formula is C9H16ClN5. The highest BCUT2D eigenvalue weighted by atomic mass is 35.5. The third-order valence-electron chi connectivity index (χ3n) is 3.05. The number of aromatic nitrogens is 4. The molecule has 2 atom stereocenters. The summed E-state index contributed by atoms with van der Waals surface area (Å²) in [6, 6.07) is 0.454. The molecule has 0 bridgehead atoms. The van der Waals surface area contributed by atoms with Crippen molar-refractivity contribution in [3.8, 4) is 0 Å². The minimum absolute atomic E-state index is 0.454. The van der Waals surface area contributed by atoms with E-state index in [0.717, 1.165) is 18.9 Å². The Morgan fingerprint density at radius 3 is 2.93 bits per heavy atom. The van der Waals surface area contributed by atoms with E-state index in [1.165, 1.54) is 11.2 Å². The van der Waals surface area contributed by atoms with E-state index in [9.17, 15) is 0 Å². The molecule has 15 heavy (non-hydrogen) atoms. The Morgan fingerprint density at radius 1 is 1.53 bits per heavy atom. The predicted molar refractivity (Wildman–Crippen MR) is 57.5 cm³/mol. The van der Waals surface area contributed by atoms with Crippen LogP contribution in [-0.2, 0) is 13.6 Å². The van der Waals surface area contributed by atoms with Crippen molar-refractivity contribution in [2.45, 2.75) is 25.9 Å². The summed E-state index contributed by atoms with van der Waals surface area (Å²) in [5, 5.41) is 12.0. The number of hydrogen-bond donors (Lipinski definition) is 0. The number of aryl methyl sites for hydroxylation is 1. The van der Waals surface area contributed by atoms with Crippen LogP contribution < -0.4 is 0 Å². The van der Waals surface area contributed by atoms with Crippen molar-refractivity contribution in [2.75, 3.05) is 12.4 Å². The highest BCUT2D eigenvalue weighted by Crippen LogP contribution is 2.25. The average Bonchev–Trinajstić information content (AvgIpc) is 2.75.